The van der Waals surface area contributed by atoms with Crippen molar-refractivity contribution in [2.75, 3.05) is 5.32 Å². The van der Waals surface area contributed by atoms with E-state index in [1.54, 1.807) is 12.1 Å². The topological polar surface area (TPSA) is 92.4 Å². The number of nitrogens with one attached hydrogen (secondary N) is 1. The van der Waals surface area contributed by atoms with Gasteiger partial charge in [-0.1, -0.05) is 21.1 Å². The maximum atomic E-state index is 12.3. The first-order chi connectivity index (χ1) is 11.8. The molecule has 1 amide bonds. The Morgan fingerprint density at radius 1 is 1.20 bits per heavy atom. The van der Waals surface area contributed by atoms with Crippen LogP contribution in [0.5, 0.6) is 0 Å². The Hall–Kier alpha value is -2.67. The third-order valence-corrected chi connectivity index (χ3v) is 4.47. The first-order valence-corrected chi connectivity index (χ1v) is 8.32. The Balaban J connectivity index is 1.84. The minimum Gasteiger partial charge on any atom is -0.478 e. The second kappa shape index (κ2) is 6.68. The number of fused-ring (bicyclic) bond motifs is 1. The number of hydrogen-bond donors (Lipinski definition) is 2. The molecule has 0 spiro atoms. The molecule has 0 aliphatic carbocycles. The van der Waals surface area contributed by atoms with Gasteiger partial charge in [0.1, 0.15) is 5.69 Å². The van der Waals surface area contributed by atoms with E-state index in [-0.39, 0.29) is 23.6 Å². The number of rotatable bonds is 4. The van der Waals surface area contributed by atoms with E-state index in [0.717, 1.165) is 16.5 Å². The van der Waals surface area contributed by atoms with Crippen LogP contribution in [0.3, 0.4) is 0 Å². The largest absolute Gasteiger partial charge is 0.478 e. The Bertz CT molecular complexity index is 994. The second-order valence-corrected chi connectivity index (χ2v) is 6.70. The molecule has 2 aromatic carbocycles. The molecule has 0 bridgehead atoms. The zero-order valence-electron chi connectivity index (χ0n) is 13.6. The standard InChI is InChI=1S/C18H15BrN2O4/c1-9-5-12-15(21-25-16(12)6-10(9)2)8-17(22)20-14-4-3-11(19)7-13(14)18(23)24/h3-7H,8H2,1-2H3,(H,20,22)(H,23,24). The molecule has 25 heavy (non-hydrogen) atoms. The molecule has 0 saturated heterocycles. The molecule has 1 heterocycles. The fourth-order valence-corrected chi connectivity index (χ4v) is 2.88. The summed E-state index contributed by atoms with van der Waals surface area (Å²) >= 11 is 3.22. The zero-order valence-corrected chi connectivity index (χ0v) is 15.2. The lowest BCUT2D eigenvalue weighted by Gasteiger charge is -2.08. The molecule has 3 rings (SSSR count). The van der Waals surface area contributed by atoms with Crippen LogP contribution in [0.15, 0.2) is 39.3 Å². The van der Waals surface area contributed by atoms with Crippen molar-refractivity contribution in [2.45, 2.75) is 20.3 Å². The van der Waals surface area contributed by atoms with Crippen molar-refractivity contribution in [3.05, 3.63) is 57.2 Å². The number of aromatic nitrogens is 1. The quantitative estimate of drug-likeness (QED) is 0.685. The summed E-state index contributed by atoms with van der Waals surface area (Å²) in [6, 6.07) is 8.47. The van der Waals surface area contributed by atoms with Crippen molar-refractivity contribution in [3.8, 4) is 0 Å². The number of halogens is 1. The molecule has 0 aliphatic heterocycles. The lowest BCUT2D eigenvalue weighted by atomic mass is 10.1. The first-order valence-electron chi connectivity index (χ1n) is 7.53. The summed E-state index contributed by atoms with van der Waals surface area (Å²) in [6.45, 7) is 3.96. The molecular formula is C18H15BrN2O4. The molecule has 1 aromatic heterocycles. The lowest BCUT2D eigenvalue weighted by Crippen LogP contribution is -2.17. The molecule has 0 fully saturated rings. The predicted molar refractivity (Wildman–Crippen MR) is 96.9 cm³/mol. The number of carboxylic acid groups (broad SMARTS) is 1. The molecule has 0 unspecified atom stereocenters. The van der Waals surface area contributed by atoms with Gasteiger partial charge in [0, 0.05) is 9.86 Å². The van der Waals surface area contributed by atoms with E-state index >= 15 is 0 Å². The van der Waals surface area contributed by atoms with Gasteiger partial charge in [-0.25, -0.2) is 4.79 Å². The number of carbonyl (C=O) groups excluding carboxylic acids is 1. The van der Waals surface area contributed by atoms with Crippen molar-refractivity contribution in [3.63, 3.8) is 0 Å². The van der Waals surface area contributed by atoms with E-state index in [1.165, 1.54) is 6.07 Å². The van der Waals surface area contributed by atoms with Crippen molar-refractivity contribution in [1.29, 1.82) is 0 Å². The van der Waals surface area contributed by atoms with Gasteiger partial charge in [0.15, 0.2) is 5.58 Å². The van der Waals surface area contributed by atoms with Crippen LogP contribution in [-0.4, -0.2) is 22.1 Å². The molecule has 0 radical (unpaired) electrons. The van der Waals surface area contributed by atoms with Crippen molar-refractivity contribution >= 4 is 44.5 Å². The van der Waals surface area contributed by atoms with Crippen LogP contribution in [0.4, 0.5) is 5.69 Å². The van der Waals surface area contributed by atoms with Gasteiger partial charge in [0.2, 0.25) is 5.91 Å². The van der Waals surface area contributed by atoms with Crippen LogP contribution < -0.4 is 5.32 Å². The number of aromatic carboxylic acids is 1. The van der Waals surface area contributed by atoms with Crippen molar-refractivity contribution < 1.29 is 19.2 Å². The van der Waals surface area contributed by atoms with Crippen LogP contribution in [-0.2, 0) is 11.2 Å². The highest BCUT2D eigenvalue weighted by Gasteiger charge is 2.17. The Morgan fingerprint density at radius 3 is 2.64 bits per heavy atom. The average Bonchev–Trinajstić information content (AvgIpc) is 2.91. The number of anilines is 1. The Kier molecular flexibility index (Phi) is 4.59. The van der Waals surface area contributed by atoms with Gasteiger partial charge in [0.25, 0.3) is 0 Å². The fourth-order valence-electron chi connectivity index (χ4n) is 2.52. The van der Waals surface area contributed by atoms with Crippen molar-refractivity contribution in [1.82, 2.24) is 5.16 Å². The van der Waals surface area contributed by atoms with Crippen molar-refractivity contribution in [2.24, 2.45) is 0 Å². The normalized spacial score (nSPS) is 10.8. The summed E-state index contributed by atoms with van der Waals surface area (Å²) in [5.41, 5.74) is 3.56. The number of carboxylic acids is 1. The molecule has 2 N–H and O–H groups in total. The molecular weight excluding hydrogens is 388 g/mol. The SMILES string of the molecule is Cc1cc2onc(CC(=O)Nc3ccc(Br)cc3C(=O)O)c2cc1C. The van der Waals surface area contributed by atoms with E-state index < -0.39 is 5.97 Å². The molecule has 0 aliphatic rings. The fraction of sp³-hybridized carbons (Fsp3) is 0.167. The lowest BCUT2D eigenvalue weighted by molar-refractivity contribution is -0.115. The van der Waals surface area contributed by atoms with E-state index in [0.29, 0.717) is 15.7 Å². The molecule has 3 aromatic rings. The van der Waals surface area contributed by atoms with Gasteiger partial charge < -0.3 is 14.9 Å². The molecule has 7 heteroatoms. The highest BCUT2D eigenvalue weighted by atomic mass is 79.9. The number of hydrogen-bond acceptors (Lipinski definition) is 4. The second-order valence-electron chi connectivity index (χ2n) is 5.78. The van der Waals surface area contributed by atoms with Gasteiger partial charge in [-0.05, 0) is 55.3 Å². The molecule has 0 saturated carbocycles. The summed E-state index contributed by atoms with van der Waals surface area (Å²) in [5.74, 6) is -1.48. The van der Waals surface area contributed by atoms with Gasteiger partial charge >= 0.3 is 5.97 Å². The number of nitrogens with zero attached hydrogens (tertiary/aromatic N) is 1. The van der Waals surface area contributed by atoms with Crippen LogP contribution >= 0.6 is 15.9 Å². The maximum absolute atomic E-state index is 12.3. The summed E-state index contributed by atoms with van der Waals surface area (Å²) in [4.78, 5) is 23.7. The monoisotopic (exact) mass is 402 g/mol. The number of aryl methyl sites for hydroxylation is 2. The zero-order chi connectivity index (χ0) is 18.1. The average molecular weight is 403 g/mol. The third-order valence-electron chi connectivity index (χ3n) is 3.98. The van der Waals surface area contributed by atoms with Gasteiger partial charge in [-0.3, -0.25) is 4.79 Å². The summed E-state index contributed by atoms with van der Waals surface area (Å²) in [7, 11) is 0. The summed E-state index contributed by atoms with van der Waals surface area (Å²) in [5, 5.41) is 16.6. The maximum Gasteiger partial charge on any atom is 0.337 e. The number of benzene rings is 2. The van der Waals surface area contributed by atoms with Gasteiger partial charge in [0.05, 0.1) is 17.7 Å². The van der Waals surface area contributed by atoms with E-state index in [9.17, 15) is 14.7 Å². The van der Waals surface area contributed by atoms with Gasteiger partial charge in [-0.2, -0.15) is 0 Å². The third kappa shape index (κ3) is 3.56. The van der Waals surface area contributed by atoms with Crippen LogP contribution in [0.1, 0.15) is 27.2 Å². The predicted octanol–water partition coefficient (Wildman–Crippen LogP) is 4.09. The summed E-state index contributed by atoms with van der Waals surface area (Å²) in [6.07, 6.45) is -0.00930. The molecule has 6 nitrogen and oxygen atoms in total. The van der Waals surface area contributed by atoms with E-state index in [2.05, 4.69) is 26.4 Å². The smallest absolute Gasteiger partial charge is 0.337 e. The summed E-state index contributed by atoms with van der Waals surface area (Å²) < 4.78 is 5.90. The first kappa shape index (κ1) is 17.2. The highest BCUT2D eigenvalue weighted by Crippen LogP contribution is 2.24. The van der Waals surface area contributed by atoms with Gasteiger partial charge in [-0.15, -0.1) is 0 Å². The van der Waals surface area contributed by atoms with Crippen LogP contribution in [0.25, 0.3) is 11.0 Å². The minimum absolute atomic E-state index is 0.00930. The Labute approximate surface area is 151 Å². The molecule has 128 valence electrons. The van der Waals surface area contributed by atoms with Crippen LogP contribution in [0.2, 0.25) is 0 Å². The number of amides is 1. The van der Waals surface area contributed by atoms with E-state index in [1.807, 2.05) is 26.0 Å². The Morgan fingerprint density at radius 2 is 1.92 bits per heavy atom. The highest BCUT2D eigenvalue weighted by molar-refractivity contribution is 9.10. The molecule has 0 atom stereocenters. The van der Waals surface area contributed by atoms with E-state index in [4.69, 9.17) is 4.52 Å². The minimum atomic E-state index is -1.12. The number of carbonyl (C=O) groups is 2. The van der Waals surface area contributed by atoms with Crippen LogP contribution in [0, 0.1) is 13.8 Å².